The van der Waals surface area contributed by atoms with Crippen LogP contribution in [0.3, 0.4) is 0 Å². The first-order chi connectivity index (χ1) is 9.83. The number of anilines is 1. The van der Waals surface area contributed by atoms with Crippen molar-refractivity contribution in [3.8, 4) is 0 Å². The molecular formula is C14H27NO4Si2. The molecular weight excluding hydrogens is 302 g/mol. The summed E-state index contributed by atoms with van der Waals surface area (Å²) >= 11 is 0. The van der Waals surface area contributed by atoms with E-state index < -0.39 is 17.1 Å². The minimum atomic E-state index is -2.24. The second-order valence-corrected chi connectivity index (χ2v) is 12.3. The summed E-state index contributed by atoms with van der Waals surface area (Å²) < 4.78 is 22.4. The number of nitrogen functional groups attached to an aromatic ring is 1. The van der Waals surface area contributed by atoms with Crippen molar-refractivity contribution in [3.05, 3.63) is 29.3 Å². The highest BCUT2D eigenvalue weighted by Gasteiger charge is 2.34. The topological polar surface area (TPSA) is 62.9 Å². The molecule has 0 saturated heterocycles. The molecule has 0 aromatic heterocycles. The molecule has 2 N–H and O–H groups in total. The first-order valence-electron chi connectivity index (χ1n) is 6.90. The second kappa shape index (κ2) is 7.52. The molecule has 0 fully saturated rings. The van der Waals surface area contributed by atoms with Crippen LogP contribution in [-0.4, -0.2) is 45.6 Å². The molecule has 5 nitrogen and oxygen atoms in total. The van der Waals surface area contributed by atoms with Crippen LogP contribution in [0, 0.1) is 0 Å². The summed E-state index contributed by atoms with van der Waals surface area (Å²) in [5.74, 6) is 0. The van der Waals surface area contributed by atoms with Gasteiger partial charge in [-0.05, 0) is 30.3 Å². The van der Waals surface area contributed by atoms with Gasteiger partial charge in [-0.15, -0.1) is 0 Å². The summed E-state index contributed by atoms with van der Waals surface area (Å²) in [6, 6.07) is 7.41. The van der Waals surface area contributed by atoms with Crippen molar-refractivity contribution in [1.82, 2.24) is 0 Å². The lowest BCUT2D eigenvalue weighted by Gasteiger charge is -2.27. The van der Waals surface area contributed by atoms with Crippen molar-refractivity contribution in [3.63, 3.8) is 0 Å². The fourth-order valence-corrected chi connectivity index (χ4v) is 5.17. The average molecular weight is 330 g/mol. The molecule has 1 aromatic rings. The van der Waals surface area contributed by atoms with Gasteiger partial charge in [-0.25, -0.2) is 0 Å². The molecule has 0 atom stereocenters. The third-order valence-electron chi connectivity index (χ3n) is 4.05. The van der Waals surface area contributed by atoms with Gasteiger partial charge in [0, 0.05) is 46.2 Å². The van der Waals surface area contributed by atoms with E-state index in [1.54, 1.807) is 28.4 Å². The van der Waals surface area contributed by atoms with E-state index in [1.807, 2.05) is 25.2 Å². The SMILES string of the molecule is CO[Si](C)(Cc1cccc(N)c1C[Si](C)(OC)OC)OC. The molecule has 0 aliphatic heterocycles. The normalized spacial score (nSPS) is 12.7. The van der Waals surface area contributed by atoms with Crippen molar-refractivity contribution in [2.24, 2.45) is 0 Å². The molecule has 0 bridgehead atoms. The zero-order valence-corrected chi connectivity index (χ0v) is 15.9. The van der Waals surface area contributed by atoms with Gasteiger partial charge < -0.3 is 23.4 Å². The van der Waals surface area contributed by atoms with Gasteiger partial charge in [0.05, 0.1) is 0 Å². The average Bonchev–Trinajstić information content (AvgIpc) is 2.50. The quantitative estimate of drug-likeness (QED) is 0.585. The Balaban J connectivity index is 3.14. The van der Waals surface area contributed by atoms with Crippen molar-refractivity contribution in [2.45, 2.75) is 25.2 Å². The number of rotatable bonds is 8. The van der Waals surface area contributed by atoms with Crippen LogP contribution in [0.15, 0.2) is 18.2 Å². The Morgan fingerprint density at radius 2 is 1.33 bits per heavy atom. The monoisotopic (exact) mass is 329 g/mol. The maximum atomic E-state index is 6.18. The molecule has 0 aliphatic rings. The molecule has 1 aromatic carbocycles. The molecule has 0 spiro atoms. The van der Waals surface area contributed by atoms with Gasteiger partial charge in [0.2, 0.25) is 0 Å². The highest BCUT2D eigenvalue weighted by molar-refractivity contribution is 6.66. The fraction of sp³-hybridized carbons (Fsp3) is 0.571. The molecule has 0 amide bonds. The Morgan fingerprint density at radius 3 is 1.81 bits per heavy atom. The Kier molecular flexibility index (Phi) is 6.57. The van der Waals surface area contributed by atoms with Crippen LogP contribution >= 0.6 is 0 Å². The first-order valence-corrected chi connectivity index (χ1v) is 11.9. The first kappa shape index (κ1) is 18.3. The molecule has 21 heavy (non-hydrogen) atoms. The second-order valence-electron chi connectivity index (χ2n) is 5.42. The van der Waals surface area contributed by atoms with Crippen molar-refractivity contribution in [2.75, 3.05) is 34.2 Å². The maximum absolute atomic E-state index is 6.18. The van der Waals surface area contributed by atoms with Gasteiger partial charge in [0.1, 0.15) is 0 Å². The van der Waals surface area contributed by atoms with Crippen LogP contribution < -0.4 is 5.73 Å². The highest BCUT2D eigenvalue weighted by atomic mass is 28.4. The van der Waals surface area contributed by atoms with E-state index in [4.69, 9.17) is 23.4 Å². The van der Waals surface area contributed by atoms with Crippen molar-refractivity contribution >= 4 is 22.8 Å². The largest absolute Gasteiger partial charge is 0.399 e. The minimum absolute atomic E-state index is 0.708. The molecule has 0 aliphatic carbocycles. The number of hydrogen-bond acceptors (Lipinski definition) is 5. The molecule has 0 unspecified atom stereocenters. The standard InChI is InChI=1S/C14H27NO4Si2/c1-16-20(5,17-2)10-12-8-7-9-14(15)13(12)11-21(6,18-3)19-4/h7-9H,10-11,15H2,1-6H3. The van der Waals surface area contributed by atoms with E-state index in [0.717, 1.165) is 22.9 Å². The summed E-state index contributed by atoms with van der Waals surface area (Å²) in [5.41, 5.74) is 9.19. The summed E-state index contributed by atoms with van der Waals surface area (Å²) in [7, 11) is 2.33. The van der Waals surface area contributed by atoms with Crippen molar-refractivity contribution in [1.29, 1.82) is 0 Å². The van der Waals surface area contributed by atoms with E-state index in [1.165, 1.54) is 0 Å². The Hall–Kier alpha value is -0.706. The molecule has 0 heterocycles. The molecule has 120 valence electrons. The predicted octanol–water partition coefficient (Wildman–Crippen LogP) is 2.16. The number of benzene rings is 1. The predicted molar refractivity (Wildman–Crippen MR) is 89.5 cm³/mol. The number of nitrogens with two attached hydrogens (primary N) is 1. The van der Waals surface area contributed by atoms with Crippen molar-refractivity contribution < 1.29 is 17.7 Å². The maximum Gasteiger partial charge on any atom is 0.338 e. The zero-order valence-electron chi connectivity index (χ0n) is 13.9. The Bertz CT molecular complexity index is 462. The van der Waals surface area contributed by atoms with Crippen LogP contribution in [-0.2, 0) is 29.8 Å². The van der Waals surface area contributed by atoms with Gasteiger partial charge in [-0.2, -0.15) is 0 Å². The molecule has 7 heteroatoms. The van der Waals surface area contributed by atoms with E-state index >= 15 is 0 Å². The lowest BCUT2D eigenvalue weighted by atomic mass is 10.1. The fourth-order valence-electron chi connectivity index (χ4n) is 2.16. The van der Waals surface area contributed by atoms with Gasteiger partial charge in [-0.3, -0.25) is 0 Å². The van der Waals surface area contributed by atoms with Gasteiger partial charge in [0.25, 0.3) is 0 Å². The lowest BCUT2D eigenvalue weighted by Crippen LogP contribution is -2.42. The minimum Gasteiger partial charge on any atom is -0.399 e. The van der Waals surface area contributed by atoms with E-state index in [9.17, 15) is 0 Å². The number of hydrogen-bond donors (Lipinski definition) is 1. The van der Waals surface area contributed by atoms with Crippen LogP contribution in [0.1, 0.15) is 11.1 Å². The van der Waals surface area contributed by atoms with Crippen LogP contribution in [0.4, 0.5) is 5.69 Å². The Morgan fingerprint density at radius 1 is 0.857 bits per heavy atom. The smallest absolute Gasteiger partial charge is 0.338 e. The van der Waals surface area contributed by atoms with E-state index in [-0.39, 0.29) is 0 Å². The van der Waals surface area contributed by atoms with Gasteiger partial charge >= 0.3 is 17.1 Å². The van der Waals surface area contributed by atoms with Gasteiger partial charge in [0.15, 0.2) is 0 Å². The summed E-state index contributed by atoms with van der Waals surface area (Å²) in [5, 5.41) is 0. The van der Waals surface area contributed by atoms with Crippen LogP contribution in [0.5, 0.6) is 0 Å². The third-order valence-corrected chi connectivity index (χ3v) is 9.52. The van der Waals surface area contributed by atoms with Crippen LogP contribution in [0.2, 0.25) is 13.1 Å². The van der Waals surface area contributed by atoms with Crippen LogP contribution in [0.25, 0.3) is 0 Å². The van der Waals surface area contributed by atoms with E-state index in [2.05, 4.69) is 6.07 Å². The summed E-state index contributed by atoms with van der Waals surface area (Å²) in [6.45, 7) is 4.08. The van der Waals surface area contributed by atoms with Gasteiger partial charge in [-0.1, -0.05) is 12.1 Å². The highest BCUT2D eigenvalue weighted by Crippen LogP contribution is 2.26. The lowest BCUT2D eigenvalue weighted by molar-refractivity contribution is 0.246. The molecule has 1 rings (SSSR count). The van der Waals surface area contributed by atoms with E-state index in [0.29, 0.717) is 6.04 Å². The molecule has 0 radical (unpaired) electrons. The summed E-state index contributed by atoms with van der Waals surface area (Å²) in [4.78, 5) is 0. The third kappa shape index (κ3) is 4.63. The molecule has 0 saturated carbocycles. The Labute approximate surface area is 129 Å². The summed E-state index contributed by atoms with van der Waals surface area (Å²) in [6.07, 6.45) is 0. The zero-order chi connectivity index (χ0) is 16.1.